The average molecular weight is 348 g/mol. The third-order valence-corrected chi connectivity index (χ3v) is 3.82. The fraction of sp³-hybridized carbons (Fsp3) is 0.417. The summed E-state index contributed by atoms with van der Waals surface area (Å²) in [7, 11) is 0. The van der Waals surface area contributed by atoms with Gasteiger partial charge in [-0.05, 0) is 28.8 Å². The third kappa shape index (κ3) is 3.24. The van der Waals surface area contributed by atoms with Gasteiger partial charge in [0.15, 0.2) is 5.75 Å². The second-order valence-electron chi connectivity index (χ2n) is 4.85. The first-order valence-corrected chi connectivity index (χ1v) is 6.60. The smallest absolute Gasteiger partial charge is 0.312 e. The van der Waals surface area contributed by atoms with Crippen molar-refractivity contribution in [2.45, 2.75) is 19.3 Å². The van der Waals surface area contributed by atoms with Gasteiger partial charge in [-0.3, -0.25) is 14.9 Å². The highest BCUT2D eigenvalue weighted by molar-refractivity contribution is 9.10. The maximum absolute atomic E-state index is 13.4. The van der Waals surface area contributed by atoms with Crippen LogP contribution >= 0.6 is 15.9 Å². The number of rotatable bonds is 6. The van der Waals surface area contributed by atoms with E-state index >= 15 is 0 Å². The molecule has 1 aromatic carbocycles. The van der Waals surface area contributed by atoms with Crippen LogP contribution in [0.4, 0.5) is 10.1 Å². The van der Waals surface area contributed by atoms with Gasteiger partial charge < -0.3 is 9.84 Å². The van der Waals surface area contributed by atoms with Crippen molar-refractivity contribution in [2.24, 2.45) is 5.41 Å². The lowest BCUT2D eigenvalue weighted by molar-refractivity contribution is -0.386. The second kappa shape index (κ2) is 5.35. The van der Waals surface area contributed by atoms with Gasteiger partial charge in [0.05, 0.1) is 22.4 Å². The fourth-order valence-electron chi connectivity index (χ4n) is 1.88. The number of ether oxygens (including phenoxy) is 1. The van der Waals surface area contributed by atoms with Crippen LogP contribution in [0.15, 0.2) is 16.6 Å². The monoisotopic (exact) mass is 347 g/mol. The largest absolute Gasteiger partial charge is 0.486 e. The Hall–Kier alpha value is -1.70. The van der Waals surface area contributed by atoms with Gasteiger partial charge in [0.1, 0.15) is 5.82 Å². The van der Waals surface area contributed by atoms with E-state index in [9.17, 15) is 19.3 Å². The zero-order valence-corrected chi connectivity index (χ0v) is 11.9. The summed E-state index contributed by atoms with van der Waals surface area (Å²) in [4.78, 5) is 20.9. The lowest BCUT2D eigenvalue weighted by Crippen LogP contribution is -2.17. The Morgan fingerprint density at radius 2 is 2.20 bits per heavy atom. The van der Waals surface area contributed by atoms with Crippen LogP contribution < -0.4 is 4.74 Å². The Labute approximate surface area is 121 Å². The summed E-state index contributed by atoms with van der Waals surface area (Å²) < 4.78 is 18.7. The molecule has 2 rings (SSSR count). The third-order valence-electron chi connectivity index (χ3n) is 3.22. The summed E-state index contributed by atoms with van der Waals surface area (Å²) in [6.45, 7) is 0.0290. The minimum absolute atomic E-state index is 0.0248. The van der Waals surface area contributed by atoms with Gasteiger partial charge in [0.25, 0.3) is 0 Å². The van der Waals surface area contributed by atoms with Crippen LogP contribution in [0.3, 0.4) is 0 Å². The van der Waals surface area contributed by atoms with Crippen LogP contribution in [0.1, 0.15) is 19.3 Å². The molecule has 0 atom stereocenters. The van der Waals surface area contributed by atoms with E-state index in [1.807, 2.05) is 0 Å². The molecule has 1 saturated carbocycles. The van der Waals surface area contributed by atoms with Gasteiger partial charge in [-0.2, -0.15) is 0 Å². The molecule has 20 heavy (non-hydrogen) atoms. The first kappa shape index (κ1) is 14.7. The van der Waals surface area contributed by atoms with E-state index in [-0.39, 0.29) is 28.9 Å². The molecule has 0 radical (unpaired) electrons. The highest BCUT2D eigenvalue weighted by atomic mass is 79.9. The zero-order valence-electron chi connectivity index (χ0n) is 10.3. The first-order valence-electron chi connectivity index (χ1n) is 5.81. The van der Waals surface area contributed by atoms with Gasteiger partial charge in [0.2, 0.25) is 0 Å². The fourth-order valence-corrected chi connectivity index (χ4v) is 2.21. The quantitative estimate of drug-likeness (QED) is 0.630. The van der Waals surface area contributed by atoms with E-state index in [4.69, 9.17) is 9.84 Å². The lowest BCUT2D eigenvalue weighted by Gasteiger charge is -2.14. The van der Waals surface area contributed by atoms with Crippen molar-refractivity contribution in [1.82, 2.24) is 0 Å². The van der Waals surface area contributed by atoms with E-state index in [1.54, 1.807) is 0 Å². The predicted octanol–water partition coefficient (Wildman–Crippen LogP) is 3.13. The Balaban J connectivity index is 2.15. The average Bonchev–Trinajstić information content (AvgIpc) is 3.09. The molecule has 108 valence electrons. The maximum atomic E-state index is 13.4. The standard InChI is InChI=1S/C12H11BrFNO5/c13-7-3-9(15(18)19)10(4-8(7)14)20-6-12(1-2-12)5-11(16)17/h3-4H,1-2,5-6H2,(H,16,17). The van der Waals surface area contributed by atoms with E-state index in [0.29, 0.717) is 12.8 Å². The van der Waals surface area contributed by atoms with Crippen LogP contribution in [0.5, 0.6) is 5.75 Å². The van der Waals surface area contributed by atoms with Gasteiger partial charge in [-0.15, -0.1) is 0 Å². The molecule has 0 bridgehead atoms. The Bertz CT molecular complexity index is 573. The summed E-state index contributed by atoms with van der Waals surface area (Å²) >= 11 is 2.87. The van der Waals surface area contributed by atoms with Crippen molar-refractivity contribution < 1.29 is 24.0 Å². The molecule has 6 nitrogen and oxygen atoms in total. The molecular weight excluding hydrogens is 337 g/mol. The van der Waals surface area contributed by atoms with E-state index in [1.165, 1.54) is 0 Å². The number of nitro groups is 1. The molecule has 0 saturated heterocycles. The molecule has 0 heterocycles. The number of aliphatic carboxylic acids is 1. The number of carbonyl (C=O) groups is 1. The van der Waals surface area contributed by atoms with Crippen molar-refractivity contribution >= 4 is 27.6 Å². The maximum Gasteiger partial charge on any atom is 0.312 e. The van der Waals surface area contributed by atoms with Crippen molar-refractivity contribution in [3.05, 3.63) is 32.5 Å². The number of carboxylic acid groups (broad SMARTS) is 1. The molecule has 0 amide bonds. The van der Waals surface area contributed by atoms with E-state index in [2.05, 4.69) is 15.9 Å². The van der Waals surface area contributed by atoms with Gasteiger partial charge >= 0.3 is 11.7 Å². The van der Waals surface area contributed by atoms with Crippen molar-refractivity contribution in [3.63, 3.8) is 0 Å². The number of halogens is 2. The van der Waals surface area contributed by atoms with Crippen LogP contribution in [0.25, 0.3) is 0 Å². The van der Waals surface area contributed by atoms with Crippen molar-refractivity contribution in [3.8, 4) is 5.75 Å². The normalized spacial score (nSPS) is 15.7. The molecule has 1 aromatic rings. The molecule has 0 aliphatic heterocycles. The zero-order chi connectivity index (χ0) is 14.9. The van der Waals surface area contributed by atoms with Crippen molar-refractivity contribution in [1.29, 1.82) is 0 Å². The minimum atomic E-state index is -0.942. The SMILES string of the molecule is O=C(O)CC1(COc2cc(F)c(Br)cc2[N+](=O)[O-])CC1. The van der Waals surface area contributed by atoms with Gasteiger partial charge in [-0.25, -0.2) is 4.39 Å². The number of benzene rings is 1. The second-order valence-corrected chi connectivity index (χ2v) is 5.70. The van der Waals surface area contributed by atoms with Crippen LogP contribution in [-0.2, 0) is 4.79 Å². The Morgan fingerprint density at radius 3 is 2.70 bits per heavy atom. The number of carboxylic acids is 1. The summed E-state index contributed by atoms with van der Waals surface area (Å²) in [6, 6.07) is 1.96. The highest BCUT2D eigenvalue weighted by Crippen LogP contribution is 2.49. The minimum Gasteiger partial charge on any atom is -0.486 e. The van der Waals surface area contributed by atoms with Crippen LogP contribution in [0.2, 0.25) is 0 Å². The molecule has 0 unspecified atom stereocenters. The lowest BCUT2D eigenvalue weighted by atomic mass is 10.0. The number of nitrogens with zero attached hydrogens (tertiary/aromatic N) is 1. The molecule has 8 heteroatoms. The molecular formula is C12H11BrFNO5. The molecule has 1 aliphatic rings. The first-order chi connectivity index (χ1) is 9.33. The molecule has 1 N–H and O–H groups in total. The van der Waals surface area contributed by atoms with Crippen LogP contribution in [-0.4, -0.2) is 22.6 Å². The summed E-state index contributed by atoms with van der Waals surface area (Å²) in [6.07, 6.45) is 1.32. The van der Waals surface area contributed by atoms with Gasteiger partial charge in [0, 0.05) is 17.5 Å². The van der Waals surface area contributed by atoms with Gasteiger partial charge in [-0.1, -0.05) is 0 Å². The molecule has 1 aliphatic carbocycles. The van der Waals surface area contributed by atoms with E-state index in [0.717, 1.165) is 12.1 Å². The Kier molecular flexibility index (Phi) is 3.94. The number of nitro benzene ring substituents is 1. The van der Waals surface area contributed by atoms with E-state index < -0.39 is 22.1 Å². The molecule has 0 spiro atoms. The molecule has 0 aromatic heterocycles. The predicted molar refractivity (Wildman–Crippen MR) is 70.2 cm³/mol. The summed E-state index contributed by atoms with van der Waals surface area (Å²) in [5, 5.41) is 19.7. The molecule has 1 fully saturated rings. The highest BCUT2D eigenvalue weighted by Gasteiger charge is 2.45. The topological polar surface area (TPSA) is 89.7 Å². The Morgan fingerprint density at radius 1 is 1.55 bits per heavy atom. The number of hydrogen-bond acceptors (Lipinski definition) is 4. The van der Waals surface area contributed by atoms with Crippen molar-refractivity contribution in [2.75, 3.05) is 6.61 Å². The summed E-state index contributed by atoms with van der Waals surface area (Å²) in [5.41, 5.74) is -0.840. The number of hydrogen-bond donors (Lipinski definition) is 1. The summed E-state index contributed by atoms with van der Waals surface area (Å²) in [5.74, 6) is -1.80. The van der Waals surface area contributed by atoms with Crippen LogP contribution in [0, 0.1) is 21.3 Å².